The van der Waals surface area contributed by atoms with Crippen molar-refractivity contribution in [2.45, 2.75) is 12.6 Å². The summed E-state index contributed by atoms with van der Waals surface area (Å²) < 4.78 is 37.5. The molecule has 0 radical (unpaired) electrons. The maximum absolute atomic E-state index is 12.5. The number of hydrogen-bond donors (Lipinski definition) is 1. The third-order valence-corrected chi connectivity index (χ3v) is 2.43. The van der Waals surface area contributed by atoms with Crippen LogP contribution in [0.1, 0.15) is 17.5 Å². The Balaban J connectivity index is 2.99. The average Bonchev–Trinajstić information content (AvgIpc) is 2.19. The fourth-order valence-electron chi connectivity index (χ4n) is 1.21. The van der Waals surface area contributed by atoms with Gasteiger partial charge in [0.15, 0.2) is 0 Å². The molecular formula is C11H11BrF3N. The van der Waals surface area contributed by atoms with Gasteiger partial charge >= 0.3 is 6.18 Å². The zero-order valence-corrected chi connectivity index (χ0v) is 9.98. The van der Waals surface area contributed by atoms with Crippen LogP contribution in [0.4, 0.5) is 18.9 Å². The monoisotopic (exact) mass is 293 g/mol. The molecule has 0 bridgehead atoms. The van der Waals surface area contributed by atoms with Gasteiger partial charge in [-0.2, -0.15) is 13.2 Å². The molecule has 1 aromatic rings. The number of anilines is 1. The highest BCUT2D eigenvalue weighted by Gasteiger charge is 2.32. The van der Waals surface area contributed by atoms with Crippen LogP contribution >= 0.6 is 15.9 Å². The molecule has 0 heterocycles. The van der Waals surface area contributed by atoms with E-state index in [0.717, 1.165) is 17.8 Å². The van der Waals surface area contributed by atoms with Gasteiger partial charge in [-0.15, -0.1) is 0 Å². The van der Waals surface area contributed by atoms with Crippen LogP contribution < -0.4 is 5.73 Å². The van der Waals surface area contributed by atoms with Crippen molar-refractivity contribution in [3.63, 3.8) is 0 Å². The molecule has 0 spiro atoms. The first-order chi connectivity index (χ1) is 7.45. The fraction of sp³-hybridized carbons (Fsp3) is 0.273. The molecule has 1 rings (SSSR count). The van der Waals surface area contributed by atoms with Crippen LogP contribution in [-0.2, 0) is 6.18 Å². The molecule has 1 aromatic carbocycles. The zero-order chi connectivity index (χ0) is 12.2. The van der Waals surface area contributed by atoms with E-state index in [9.17, 15) is 13.2 Å². The predicted molar refractivity (Wildman–Crippen MR) is 63.3 cm³/mol. The molecule has 88 valence electrons. The Kier molecular flexibility index (Phi) is 4.41. The highest BCUT2D eigenvalue weighted by Crippen LogP contribution is 2.34. The molecular weight excluding hydrogens is 283 g/mol. The van der Waals surface area contributed by atoms with Crippen molar-refractivity contribution in [3.8, 4) is 0 Å². The van der Waals surface area contributed by atoms with Gasteiger partial charge in [0.1, 0.15) is 0 Å². The quantitative estimate of drug-likeness (QED) is 0.659. The lowest BCUT2D eigenvalue weighted by Crippen LogP contribution is -2.08. The van der Waals surface area contributed by atoms with Gasteiger partial charge in [0.05, 0.1) is 5.56 Å². The van der Waals surface area contributed by atoms with Gasteiger partial charge in [-0.05, 0) is 24.1 Å². The van der Waals surface area contributed by atoms with E-state index in [0.29, 0.717) is 5.56 Å². The fourth-order valence-corrected chi connectivity index (χ4v) is 1.47. The number of alkyl halides is 4. The molecule has 0 aromatic heterocycles. The number of nitrogens with two attached hydrogens (primary N) is 1. The minimum absolute atomic E-state index is 0.245. The molecule has 0 saturated heterocycles. The Labute approximate surface area is 100 Å². The van der Waals surface area contributed by atoms with Crippen LogP contribution in [-0.4, -0.2) is 5.33 Å². The third-order valence-electron chi connectivity index (χ3n) is 1.97. The number of allylic oxidation sites excluding steroid dienone is 1. The third kappa shape index (κ3) is 3.56. The van der Waals surface area contributed by atoms with E-state index in [1.165, 1.54) is 6.07 Å². The van der Waals surface area contributed by atoms with Gasteiger partial charge < -0.3 is 5.73 Å². The molecule has 2 N–H and O–H groups in total. The lowest BCUT2D eigenvalue weighted by Gasteiger charge is -2.10. The second-order valence-electron chi connectivity index (χ2n) is 3.22. The van der Waals surface area contributed by atoms with Gasteiger partial charge in [-0.1, -0.05) is 34.1 Å². The van der Waals surface area contributed by atoms with Crippen molar-refractivity contribution in [2.24, 2.45) is 0 Å². The van der Waals surface area contributed by atoms with E-state index in [-0.39, 0.29) is 5.69 Å². The first-order valence-electron chi connectivity index (χ1n) is 4.64. The largest absolute Gasteiger partial charge is 0.418 e. The number of hydrogen-bond acceptors (Lipinski definition) is 1. The molecule has 0 aliphatic rings. The Morgan fingerprint density at radius 3 is 2.56 bits per heavy atom. The summed E-state index contributed by atoms with van der Waals surface area (Å²) in [6, 6.07) is 3.89. The van der Waals surface area contributed by atoms with Crippen molar-refractivity contribution < 1.29 is 13.2 Å². The van der Waals surface area contributed by atoms with E-state index in [2.05, 4.69) is 15.9 Å². The Morgan fingerprint density at radius 1 is 1.31 bits per heavy atom. The molecule has 0 unspecified atom stereocenters. The SMILES string of the molecule is Nc1ccc(C=CCCBr)cc1C(F)(F)F. The molecule has 5 heteroatoms. The topological polar surface area (TPSA) is 26.0 Å². The predicted octanol–water partition coefficient (Wildman–Crippen LogP) is 4.09. The summed E-state index contributed by atoms with van der Waals surface area (Å²) in [5.74, 6) is 0. The Morgan fingerprint density at radius 2 is 2.00 bits per heavy atom. The molecule has 0 amide bonds. The second kappa shape index (κ2) is 5.39. The lowest BCUT2D eigenvalue weighted by atomic mass is 10.1. The van der Waals surface area contributed by atoms with Gasteiger partial charge in [0.2, 0.25) is 0 Å². The average molecular weight is 294 g/mol. The standard InChI is InChI=1S/C11H11BrF3N/c12-6-2-1-3-8-4-5-10(16)9(7-8)11(13,14)15/h1,3-5,7H,2,6,16H2. The van der Waals surface area contributed by atoms with E-state index < -0.39 is 11.7 Å². The maximum Gasteiger partial charge on any atom is 0.418 e. The maximum atomic E-state index is 12.5. The number of nitrogen functional groups attached to an aromatic ring is 1. The van der Waals surface area contributed by atoms with Crippen LogP contribution in [0.2, 0.25) is 0 Å². The van der Waals surface area contributed by atoms with Crippen LogP contribution in [0.5, 0.6) is 0 Å². The number of halogens is 4. The van der Waals surface area contributed by atoms with Crippen molar-refractivity contribution in [1.82, 2.24) is 0 Å². The minimum Gasteiger partial charge on any atom is -0.398 e. The summed E-state index contributed by atoms with van der Waals surface area (Å²) >= 11 is 3.23. The van der Waals surface area contributed by atoms with Crippen molar-refractivity contribution in [3.05, 3.63) is 35.4 Å². The lowest BCUT2D eigenvalue weighted by molar-refractivity contribution is -0.136. The van der Waals surface area contributed by atoms with Crippen molar-refractivity contribution in [1.29, 1.82) is 0 Å². The first kappa shape index (κ1) is 13.1. The van der Waals surface area contributed by atoms with E-state index >= 15 is 0 Å². The Hall–Kier alpha value is -0.970. The normalized spacial score (nSPS) is 12.2. The van der Waals surface area contributed by atoms with Crippen LogP contribution in [0, 0.1) is 0 Å². The van der Waals surface area contributed by atoms with E-state index in [4.69, 9.17) is 5.73 Å². The number of rotatable bonds is 3. The second-order valence-corrected chi connectivity index (χ2v) is 4.02. The smallest absolute Gasteiger partial charge is 0.398 e. The molecule has 0 aliphatic carbocycles. The van der Waals surface area contributed by atoms with Gasteiger partial charge in [0.25, 0.3) is 0 Å². The zero-order valence-electron chi connectivity index (χ0n) is 8.39. The van der Waals surface area contributed by atoms with E-state index in [1.54, 1.807) is 18.2 Å². The highest BCUT2D eigenvalue weighted by atomic mass is 79.9. The number of benzene rings is 1. The first-order valence-corrected chi connectivity index (χ1v) is 5.76. The summed E-state index contributed by atoms with van der Waals surface area (Å²) in [6.45, 7) is 0. The molecule has 1 nitrogen and oxygen atoms in total. The van der Waals surface area contributed by atoms with E-state index in [1.807, 2.05) is 0 Å². The Bertz CT molecular complexity index is 385. The minimum atomic E-state index is -4.40. The van der Waals surface area contributed by atoms with Crippen molar-refractivity contribution in [2.75, 3.05) is 11.1 Å². The molecule has 0 atom stereocenters. The molecule has 0 aliphatic heterocycles. The summed E-state index contributed by atoms with van der Waals surface area (Å²) in [5, 5.41) is 0.782. The van der Waals surface area contributed by atoms with Gasteiger partial charge in [0, 0.05) is 11.0 Å². The van der Waals surface area contributed by atoms with Gasteiger partial charge in [-0.3, -0.25) is 0 Å². The summed E-state index contributed by atoms with van der Waals surface area (Å²) in [7, 11) is 0. The van der Waals surface area contributed by atoms with Crippen LogP contribution in [0.3, 0.4) is 0 Å². The van der Waals surface area contributed by atoms with Crippen LogP contribution in [0.25, 0.3) is 6.08 Å². The summed E-state index contributed by atoms with van der Waals surface area (Å²) in [6.07, 6.45) is -0.175. The molecule has 0 saturated carbocycles. The highest BCUT2D eigenvalue weighted by molar-refractivity contribution is 9.09. The molecule has 16 heavy (non-hydrogen) atoms. The molecule has 0 fully saturated rings. The van der Waals surface area contributed by atoms with Crippen LogP contribution in [0.15, 0.2) is 24.3 Å². The summed E-state index contributed by atoms with van der Waals surface area (Å²) in [5.41, 5.74) is 4.75. The van der Waals surface area contributed by atoms with Gasteiger partial charge in [-0.25, -0.2) is 0 Å². The van der Waals surface area contributed by atoms with Crippen molar-refractivity contribution >= 4 is 27.7 Å². The summed E-state index contributed by atoms with van der Waals surface area (Å²) in [4.78, 5) is 0.